The van der Waals surface area contributed by atoms with E-state index in [0.29, 0.717) is 18.2 Å². The molecule has 0 spiro atoms. The second kappa shape index (κ2) is 9.10. The van der Waals surface area contributed by atoms with Crippen LogP contribution in [0.4, 0.5) is 0 Å². The second-order valence-corrected chi connectivity index (χ2v) is 9.06. The fraction of sp³-hybridized carbons (Fsp3) is 0.696. The van der Waals surface area contributed by atoms with E-state index in [9.17, 15) is 0 Å². The smallest absolute Gasteiger partial charge is 0.193 e. The van der Waals surface area contributed by atoms with Gasteiger partial charge in [-0.1, -0.05) is 24.3 Å². The van der Waals surface area contributed by atoms with Crippen molar-refractivity contribution in [2.45, 2.75) is 57.9 Å². The molecule has 2 bridgehead atoms. The Balaban J connectivity index is 0.00000205. The second-order valence-electron chi connectivity index (χ2n) is 9.06. The molecule has 0 radical (unpaired) electrons. The molecule has 1 N–H and O–H groups in total. The Morgan fingerprint density at radius 3 is 2.55 bits per heavy atom. The van der Waals surface area contributed by atoms with Crippen LogP contribution in [0, 0.1) is 11.8 Å². The average molecular weight is 510 g/mol. The highest BCUT2D eigenvalue weighted by atomic mass is 127. The van der Waals surface area contributed by atoms with E-state index in [4.69, 9.17) is 9.73 Å². The lowest BCUT2D eigenvalue weighted by Crippen LogP contribution is -2.43. The fourth-order valence-corrected chi connectivity index (χ4v) is 5.79. The molecule has 1 aromatic carbocycles. The van der Waals surface area contributed by atoms with Gasteiger partial charge in [-0.3, -0.25) is 9.89 Å². The fourth-order valence-electron chi connectivity index (χ4n) is 5.79. The van der Waals surface area contributed by atoms with Gasteiger partial charge in [0.1, 0.15) is 0 Å². The highest BCUT2D eigenvalue weighted by Crippen LogP contribution is 2.47. The third-order valence-corrected chi connectivity index (χ3v) is 7.38. The summed E-state index contributed by atoms with van der Waals surface area (Å²) in [5.41, 5.74) is 3.00. The van der Waals surface area contributed by atoms with Gasteiger partial charge in [0.15, 0.2) is 5.96 Å². The molecule has 29 heavy (non-hydrogen) atoms. The van der Waals surface area contributed by atoms with Gasteiger partial charge in [0.05, 0.1) is 18.8 Å². The summed E-state index contributed by atoms with van der Waals surface area (Å²) < 4.78 is 6.14. The van der Waals surface area contributed by atoms with Crippen molar-refractivity contribution in [2.75, 3.05) is 32.7 Å². The molecule has 0 amide bonds. The van der Waals surface area contributed by atoms with Crippen molar-refractivity contribution in [1.82, 2.24) is 15.1 Å². The Kier molecular flexibility index (Phi) is 6.71. The summed E-state index contributed by atoms with van der Waals surface area (Å²) in [6.45, 7) is 10.7. The summed E-state index contributed by atoms with van der Waals surface area (Å²) in [5.74, 6) is 2.55. The number of aliphatic imine (C=N–C) groups is 1. The minimum absolute atomic E-state index is 0. The third-order valence-electron chi connectivity index (χ3n) is 7.38. The van der Waals surface area contributed by atoms with Crippen LogP contribution in [0.25, 0.3) is 0 Å². The molecule has 4 heterocycles. The van der Waals surface area contributed by atoms with Gasteiger partial charge in [0.2, 0.25) is 0 Å². The summed E-state index contributed by atoms with van der Waals surface area (Å²) in [7, 11) is 0. The molecule has 5 nitrogen and oxygen atoms in total. The van der Waals surface area contributed by atoms with E-state index in [-0.39, 0.29) is 24.0 Å². The normalized spacial score (nSPS) is 31.9. The summed E-state index contributed by atoms with van der Waals surface area (Å²) in [4.78, 5) is 10.2. The quantitative estimate of drug-likeness (QED) is 0.384. The van der Waals surface area contributed by atoms with Gasteiger partial charge in [-0.2, -0.15) is 0 Å². The number of nitrogens with zero attached hydrogens (tertiary/aromatic N) is 3. The van der Waals surface area contributed by atoms with E-state index in [1.807, 2.05) is 0 Å². The van der Waals surface area contributed by atoms with Gasteiger partial charge >= 0.3 is 0 Å². The van der Waals surface area contributed by atoms with Gasteiger partial charge < -0.3 is 15.0 Å². The van der Waals surface area contributed by atoms with Gasteiger partial charge in [-0.25, -0.2) is 0 Å². The number of likely N-dealkylation sites (tertiary alicyclic amines) is 1. The largest absolute Gasteiger partial charge is 0.374 e. The number of nitrogens with one attached hydrogen (secondary N) is 1. The lowest BCUT2D eigenvalue weighted by Gasteiger charge is -2.33. The molecule has 4 aliphatic rings. The zero-order chi connectivity index (χ0) is 19.1. The monoisotopic (exact) mass is 510 g/mol. The molecule has 3 fully saturated rings. The number of fused-ring (bicyclic) bond motifs is 6. The number of hydrogen-bond donors (Lipinski definition) is 1. The number of halogens is 1. The first-order valence-corrected chi connectivity index (χ1v) is 11.2. The number of rotatable bonds is 4. The van der Waals surface area contributed by atoms with E-state index >= 15 is 0 Å². The molecule has 6 heteroatoms. The lowest BCUT2D eigenvalue weighted by molar-refractivity contribution is 0.0767. The molecular weight excluding hydrogens is 475 g/mol. The van der Waals surface area contributed by atoms with Crippen molar-refractivity contribution in [2.24, 2.45) is 16.8 Å². The number of guanidine groups is 1. The van der Waals surface area contributed by atoms with Crippen LogP contribution in [-0.2, 0) is 17.7 Å². The standard InChI is InChI=1S/C23H34N4O.HI/c1-3-24-23(27-14-19-20(15-27)22-9-8-21(19)28-22)25-12-16(2)26-11-10-17-6-4-5-7-18(17)13-26;/h4-7,16,19-22H,3,8-15H2,1-2H3,(H,24,25);1H. The maximum atomic E-state index is 6.14. The van der Waals surface area contributed by atoms with E-state index < -0.39 is 0 Å². The van der Waals surface area contributed by atoms with Gasteiger partial charge in [-0.05, 0) is 44.2 Å². The van der Waals surface area contributed by atoms with Crippen molar-refractivity contribution in [1.29, 1.82) is 0 Å². The van der Waals surface area contributed by atoms with Crippen LogP contribution in [0.3, 0.4) is 0 Å². The topological polar surface area (TPSA) is 40.1 Å². The van der Waals surface area contributed by atoms with Crippen molar-refractivity contribution in [3.63, 3.8) is 0 Å². The van der Waals surface area contributed by atoms with E-state index in [2.05, 4.69) is 53.2 Å². The molecule has 160 valence electrons. The predicted molar refractivity (Wildman–Crippen MR) is 128 cm³/mol. The van der Waals surface area contributed by atoms with Crippen LogP contribution in [-0.4, -0.2) is 66.7 Å². The zero-order valence-corrected chi connectivity index (χ0v) is 20.0. The van der Waals surface area contributed by atoms with Crippen molar-refractivity contribution in [3.05, 3.63) is 35.4 Å². The minimum Gasteiger partial charge on any atom is -0.374 e. The highest BCUT2D eigenvalue weighted by Gasteiger charge is 2.53. The highest BCUT2D eigenvalue weighted by molar-refractivity contribution is 14.0. The number of hydrogen-bond acceptors (Lipinski definition) is 3. The lowest BCUT2D eigenvalue weighted by atomic mass is 9.82. The minimum atomic E-state index is 0. The summed E-state index contributed by atoms with van der Waals surface area (Å²) >= 11 is 0. The molecule has 5 rings (SSSR count). The van der Waals surface area contributed by atoms with Crippen LogP contribution in [0.5, 0.6) is 0 Å². The Morgan fingerprint density at radius 1 is 1.17 bits per heavy atom. The maximum absolute atomic E-state index is 6.14. The van der Waals surface area contributed by atoms with Gasteiger partial charge in [0, 0.05) is 50.6 Å². The third kappa shape index (κ3) is 4.17. The first kappa shape index (κ1) is 21.4. The predicted octanol–water partition coefficient (Wildman–Crippen LogP) is 3.13. The SMILES string of the molecule is CCNC(=NCC(C)N1CCc2ccccc2C1)N1CC2C3CCC(O3)C2C1.I. The summed E-state index contributed by atoms with van der Waals surface area (Å²) in [5, 5.41) is 3.55. The Labute approximate surface area is 192 Å². The first-order valence-electron chi connectivity index (χ1n) is 11.2. The summed E-state index contributed by atoms with van der Waals surface area (Å²) in [6.07, 6.45) is 4.70. The Bertz CT molecular complexity index is 723. The van der Waals surface area contributed by atoms with Crippen LogP contribution < -0.4 is 5.32 Å². The number of benzene rings is 1. The Morgan fingerprint density at radius 2 is 1.86 bits per heavy atom. The molecule has 5 atom stereocenters. The molecule has 0 saturated carbocycles. The van der Waals surface area contributed by atoms with Crippen LogP contribution in [0.15, 0.2) is 29.3 Å². The van der Waals surface area contributed by atoms with E-state index in [0.717, 1.165) is 63.5 Å². The van der Waals surface area contributed by atoms with Crippen molar-refractivity contribution >= 4 is 29.9 Å². The van der Waals surface area contributed by atoms with E-state index in [1.54, 1.807) is 0 Å². The van der Waals surface area contributed by atoms with Crippen molar-refractivity contribution < 1.29 is 4.74 Å². The molecule has 0 aromatic heterocycles. The Hall–Kier alpha value is -0.860. The van der Waals surface area contributed by atoms with Crippen LogP contribution >= 0.6 is 24.0 Å². The zero-order valence-electron chi connectivity index (χ0n) is 17.7. The molecular formula is C23H35IN4O. The molecule has 5 unspecified atom stereocenters. The van der Waals surface area contributed by atoms with Gasteiger partial charge in [-0.15, -0.1) is 24.0 Å². The molecule has 1 aromatic rings. The average Bonchev–Trinajstić information content (AvgIpc) is 3.44. The van der Waals surface area contributed by atoms with E-state index in [1.165, 1.54) is 24.0 Å². The maximum Gasteiger partial charge on any atom is 0.193 e. The van der Waals surface area contributed by atoms with Crippen LogP contribution in [0.1, 0.15) is 37.8 Å². The van der Waals surface area contributed by atoms with Crippen molar-refractivity contribution in [3.8, 4) is 0 Å². The molecule has 4 aliphatic heterocycles. The molecule has 3 saturated heterocycles. The summed E-state index contributed by atoms with van der Waals surface area (Å²) in [6, 6.07) is 9.34. The van der Waals surface area contributed by atoms with Gasteiger partial charge in [0.25, 0.3) is 0 Å². The number of ether oxygens (including phenoxy) is 1. The van der Waals surface area contributed by atoms with Crippen LogP contribution in [0.2, 0.25) is 0 Å². The molecule has 0 aliphatic carbocycles. The first-order chi connectivity index (χ1) is 13.7.